The molecule has 0 aromatic carbocycles. The molecule has 0 aliphatic heterocycles. The molecule has 1 amide bonds. The number of aromatic nitrogens is 2. The SMILES string of the molecule is CC(CN)N(C)C(=O)CCc1nc(-c2cccs2)no1. The Morgan fingerprint density at radius 2 is 2.40 bits per heavy atom. The van der Waals surface area contributed by atoms with Crippen molar-refractivity contribution in [3.05, 3.63) is 23.4 Å². The maximum atomic E-state index is 11.9. The lowest BCUT2D eigenvalue weighted by atomic mass is 10.2. The quantitative estimate of drug-likeness (QED) is 0.873. The van der Waals surface area contributed by atoms with Gasteiger partial charge in [-0.1, -0.05) is 11.2 Å². The summed E-state index contributed by atoms with van der Waals surface area (Å²) in [5.41, 5.74) is 5.54. The smallest absolute Gasteiger partial charge is 0.227 e. The van der Waals surface area contributed by atoms with Crippen molar-refractivity contribution < 1.29 is 9.32 Å². The summed E-state index contributed by atoms with van der Waals surface area (Å²) >= 11 is 1.55. The molecule has 2 rings (SSSR count). The average Bonchev–Trinajstić information content (AvgIpc) is 3.13. The van der Waals surface area contributed by atoms with Crippen LogP contribution in [0.3, 0.4) is 0 Å². The van der Waals surface area contributed by atoms with Crippen LogP contribution in [0.25, 0.3) is 10.7 Å². The highest BCUT2D eigenvalue weighted by atomic mass is 32.1. The van der Waals surface area contributed by atoms with Crippen molar-refractivity contribution in [1.29, 1.82) is 0 Å². The van der Waals surface area contributed by atoms with Crippen LogP contribution in [-0.4, -0.2) is 40.6 Å². The fourth-order valence-electron chi connectivity index (χ4n) is 1.66. The summed E-state index contributed by atoms with van der Waals surface area (Å²) < 4.78 is 5.16. The number of thiophene rings is 1. The van der Waals surface area contributed by atoms with Crippen LogP contribution in [0.4, 0.5) is 0 Å². The minimum atomic E-state index is 0.0267. The normalized spacial score (nSPS) is 12.3. The first-order valence-corrected chi connectivity index (χ1v) is 7.32. The minimum Gasteiger partial charge on any atom is -0.342 e. The molecule has 2 aromatic heterocycles. The summed E-state index contributed by atoms with van der Waals surface area (Å²) in [4.78, 5) is 18.8. The zero-order valence-electron chi connectivity index (χ0n) is 11.6. The number of hydrogen-bond acceptors (Lipinski definition) is 6. The number of rotatable bonds is 6. The van der Waals surface area contributed by atoms with Crippen LogP contribution in [0.5, 0.6) is 0 Å². The van der Waals surface area contributed by atoms with Crippen molar-refractivity contribution in [1.82, 2.24) is 15.0 Å². The molecule has 0 fully saturated rings. The topological polar surface area (TPSA) is 85.2 Å². The molecule has 0 spiro atoms. The molecule has 1 unspecified atom stereocenters. The molecule has 20 heavy (non-hydrogen) atoms. The predicted octanol–water partition coefficient (Wildman–Crippen LogP) is 1.54. The first-order chi connectivity index (χ1) is 9.61. The van der Waals surface area contributed by atoms with Gasteiger partial charge in [0.15, 0.2) is 0 Å². The van der Waals surface area contributed by atoms with Gasteiger partial charge in [0.2, 0.25) is 17.6 Å². The first kappa shape index (κ1) is 14.7. The maximum absolute atomic E-state index is 11.9. The molecule has 2 aromatic rings. The molecule has 0 aliphatic rings. The van der Waals surface area contributed by atoms with Crippen LogP contribution in [-0.2, 0) is 11.2 Å². The van der Waals surface area contributed by atoms with Gasteiger partial charge in [-0.2, -0.15) is 4.98 Å². The summed E-state index contributed by atoms with van der Waals surface area (Å²) in [6.07, 6.45) is 0.783. The molecule has 6 nitrogen and oxygen atoms in total. The summed E-state index contributed by atoms with van der Waals surface area (Å²) in [6.45, 7) is 2.37. The van der Waals surface area contributed by atoms with Gasteiger partial charge in [-0.3, -0.25) is 4.79 Å². The van der Waals surface area contributed by atoms with E-state index in [0.717, 1.165) is 4.88 Å². The fraction of sp³-hybridized carbons (Fsp3) is 0.462. The zero-order chi connectivity index (χ0) is 14.5. The van der Waals surface area contributed by atoms with E-state index in [2.05, 4.69) is 10.1 Å². The van der Waals surface area contributed by atoms with Gasteiger partial charge in [0.1, 0.15) is 0 Å². The lowest BCUT2D eigenvalue weighted by molar-refractivity contribution is -0.131. The number of amides is 1. The van der Waals surface area contributed by atoms with E-state index in [-0.39, 0.29) is 11.9 Å². The van der Waals surface area contributed by atoms with E-state index in [0.29, 0.717) is 31.1 Å². The standard InChI is InChI=1S/C13H18N4O2S/c1-9(8-14)17(2)12(18)6-5-11-15-13(16-19-11)10-4-3-7-20-10/h3-4,7,9H,5-6,8,14H2,1-2H3. The van der Waals surface area contributed by atoms with Crippen LogP contribution < -0.4 is 5.73 Å². The number of aryl methyl sites for hydroxylation is 1. The summed E-state index contributed by atoms with van der Waals surface area (Å²) in [5.74, 6) is 1.08. The van der Waals surface area contributed by atoms with Crippen LogP contribution in [0.2, 0.25) is 0 Å². The molecule has 0 aliphatic carbocycles. The van der Waals surface area contributed by atoms with E-state index in [1.54, 1.807) is 23.3 Å². The third-order valence-corrected chi connectivity index (χ3v) is 4.02. The molecule has 0 bridgehead atoms. The van der Waals surface area contributed by atoms with Gasteiger partial charge < -0.3 is 15.2 Å². The average molecular weight is 294 g/mol. The van der Waals surface area contributed by atoms with E-state index < -0.39 is 0 Å². The Hall–Kier alpha value is -1.73. The Morgan fingerprint density at radius 1 is 1.60 bits per heavy atom. The molecule has 0 radical (unpaired) electrons. The van der Waals surface area contributed by atoms with Crippen molar-refractivity contribution in [3.63, 3.8) is 0 Å². The lowest BCUT2D eigenvalue weighted by Crippen LogP contribution is -2.39. The largest absolute Gasteiger partial charge is 0.342 e. The molecular weight excluding hydrogens is 276 g/mol. The van der Waals surface area contributed by atoms with Crippen LogP contribution in [0.15, 0.2) is 22.0 Å². The Morgan fingerprint density at radius 3 is 3.05 bits per heavy atom. The monoisotopic (exact) mass is 294 g/mol. The Labute approximate surface area is 121 Å². The number of nitrogens with two attached hydrogens (primary N) is 1. The van der Waals surface area contributed by atoms with Gasteiger partial charge in [-0.05, 0) is 18.4 Å². The number of nitrogens with zero attached hydrogens (tertiary/aromatic N) is 3. The third kappa shape index (κ3) is 3.43. The molecular formula is C13H18N4O2S. The van der Waals surface area contributed by atoms with Crippen molar-refractivity contribution in [2.45, 2.75) is 25.8 Å². The molecule has 2 heterocycles. The second-order valence-electron chi connectivity index (χ2n) is 4.58. The molecule has 0 saturated heterocycles. The van der Waals surface area contributed by atoms with E-state index >= 15 is 0 Å². The van der Waals surface area contributed by atoms with Gasteiger partial charge >= 0.3 is 0 Å². The molecule has 2 N–H and O–H groups in total. The molecule has 1 atom stereocenters. The van der Waals surface area contributed by atoms with Gasteiger partial charge in [0, 0.05) is 32.5 Å². The van der Waals surface area contributed by atoms with E-state index in [4.69, 9.17) is 10.3 Å². The highest BCUT2D eigenvalue weighted by Gasteiger charge is 2.16. The summed E-state index contributed by atoms with van der Waals surface area (Å²) in [6, 6.07) is 3.90. The second-order valence-corrected chi connectivity index (χ2v) is 5.53. The number of carbonyl (C=O) groups is 1. The molecule has 7 heteroatoms. The van der Waals surface area contributed by atoms with Crippen LogP contribution in [0.1, 0.15) is 19.2 Å². The summed E-state index contributed by atoms with van der Waals surface area (Å²) in [5, 5.41) is 5.87. The van der Waals surface area contributed by atoms with Gasteiger partial charge in [-0.15, -0.1) is 11.3 Å². The molecule has 108 valence electrons. The summed E-state index contributed by atoms with van der Waals surface area (Å²) in [7, 11) is 1.75. The van der Waals surface area contributed by atoms with E-state index in [9.17, 15) is 4.79 Å². The minimum absolute atomic E-state index is 0.0267. The second kappa shape index (κ2) is 6.62. The van der Waals surface area contributed by atoms with Gasteiger partial charge in [0.05, 0.1) is 4.88 Å². The zero-order valence-corrected chi connectivity index (χ0v) is 12.4. The van der Waals surface area contributed by atoms with Crippen molar-refractivity contribution in [2.24, 2.45) is 5.73 Å². The highest BCUT2D eigenvalue weighted by Crippen LogP contribution is 2.21. The Kier molecular flexibility index (Phi) is 4.86. The van der Waals surface area contributed by atoms with Crippen LogP contribution in [0, 0.1) is 0 Å². The predicted molar refractivity (Wildman–Crippen MR) is 77.2 cm³/mol. The van der Waals surface area contributed by atoms with Gasteiger partial charge in [-0.25, -0.2) is 0 Å². The number of carbonyl (C=O) groups excluding carboxylic acids is 1. The van der Waals surface area contributed by atoms with Crippen molar-refractivity contribution in [2.75, 3.05) is 13.6 Å². The third-order valence-electron chi connectivity index (χ3n) is 3.16. The van der Waals surface area contributed by atoms with E-state index in [1.165, 1.54) is 0 Å². The van der Waals surface area contributed by atoms with Crippen molar-refractivity contribution in [3.8, 4) is 10.7 Å². The Balaban J connectivity index is 1.90. The number of likely N-dealkylation sites (N-methyl/N-ethyl adjacent to an activating group) is 1. The lowest BCUT2D eigenvalue weighted by Gasteiger charge is -2.23. The fourth-order valence-corrected chi connectivity index (χ4v) is 2.31. The number of hydrogen-bond donors (Lipinski definition) is 1. The highest BCUT2D eigenvalue weighted by molar-refractivity contribution is 7.13. The van der Waals surface area contributed by atoms with Crippen LogP contribution >= 0.6 is 11.3 Å². The maximum Gasteiger partial charge on any atom is 0.227 e. The van der Waals surface area contributed by atoms with E-state index in [1.807, 2.05) is 24.4 Å². The first-order valence-electron chi connectivity index (χ1n) is 6.44. The Bertz CT molecular complexity index is 552. The van der Waals surface area contributed by atoms with Gasteiger partial charge in [0.25, 0.3) is 0 Å². The molecule has 0 saturated carbocycles. The van der Waals surface area contributed by atoms with Crippen molar-refractivity contribution >= 4 is 17.2 Å².